The van der Waals surface area contributed by atoms with Crippen LogP contribution in [0.15, 0.2) is 23.2 Å². The van der Waals surface area contributed by atoms with Crippen molar-refractivity contribution in [3.63, 3.8) is 0 Å². The van der Waals surface area contributed by atoms with Crippen molar-refractivity contribution in [1.29, 1.82) is 0 Å². The largest absolute Gasteiger partial charge is 0.461 e. The molecule has 0 aliphatic rings. The van der Waals surface area contributed by atoms with Gasteiger partial charge in [0.05, 0.1) is 28.7 Å². The van der Waals surface area contributed by atoms with Gasteiger partial charge in [0.25, 0.3) is 0 Å². The van der Waals surface area contributed by atoms with Crippen molar-refractivity contribution in [3.8, 4) is 0 Å². The first-order chi connectivity index (χ1) is 12.5. The zero-order valence-electron chi connectivity index (χ0n) is 15.5. The maximum atomic E-state index is 12.3. The molecule has 0 amide bonds. The molecule has 0 unspecified atom stereocenters. The lowest BCUT2D eigenvalue weighted by molar-refractivity contribution is 0.0522. The highest BCUT2D eigenvalue weighted by molar-refractivity contribution is 7.98. The quantitative estimate of drug-likeness (QED) is 0.502. The molecule has 0 aliphatic carbocycles. The molecule has 2 aromatic heterocycles. The third-order valence-corrected chi connectivity index (χ3v) is 5.21. The summed E-state index contributed by atoms with van der Waals surface area (Å²) in [5.41, 5.74) is 9.79. The molecule has 3 N–H and O–H groups in total. The van der Waals surface area contributed by atoms with E-state index in [-0.39, 0.29) is 0 Å². The molecule has 0 radical (unpaired) electrons. The molecular formula is C19H24N4O2S. The van der Waals surface area contributed by atoms with Gasteiger partial charge < -0.3 is 20.4 Å². The summed E-state index contributed by atoms with van der Waals surface area (Å²) in [6.45, 7) is 8.17. The first-order valence-corrected chi connectivity index (χ1v) is 9.99. The maximum Gasteiger partial charge on any atom is 0.356 e. The Labute approximate surface area is 157 Å². The number of nitrogen functional groups attached to an aromatic ring is 1. The number of esters is 1. The van der Waals surface area contributed by atoms with Crippen molar-refractivity contribution in [2.24, 2.45) is 0 Å². The number of pyridine rings is 1. The molecule has 0 aliphatic heterocycles. The molecule has 3 rings (SSSR count). The number of carbonyl (C=O) groups excluding carboxylic acids is 1. The summed E-state index contributed by atoms with van der Waals surface area (Å²) < 4.78 is 5.14. The fraction of sp³-hybridized carbons (Fsp3) is 0.368. The van der Waals surface area contributed by atoms with E-state index in [0.29, 0.717) is 18.0 Å². The number of H-pyrrole nitrogens is 1. The lowest BCUT2D eigenvalue weighted by atomic mass is 10.1. The third kappa shape index (κ3) is 2.96. The van der Waals surface area contributed by atoms with Gasteiger partial charge in [0.2, 0.25) is 0 Å². The molecule has 26 heavy (non-hydrogen) atoms. The van der Waals surface area contributed by atoms with Crippen LogP contribution in [0.3, 0.4) is 0 Å². The van der Waals surface area contributed by atoms with Crippen LogP contribution >= 0.6 is 11.8 Å². The monoisotopic (exact) mass is 372 g/mol. The van der Waals surface area contributed by atoms with Gasteiger partial charge in [0.1, 0.15) is 10.7 Å². The molecule has 0 saturated heterocycles. The molecule has 1 aromatic carbocycles. The van der Waals surface area contributed by atoms with E-state index in [9.17, 15) is 4.79 Å². The molecule has 0 spiro atoms. The summed E-state index contributed by atoms with van der Waals surface area (Å²) in [6, 6.07) is 6.20. The van der Waals surface area contributed by atoms with Crippen LogP contribution in [0.4, 0.5) is 11.4 Å². The van der Waals surface area contributed by atoms with Crippen LogP contribution in [-0.2, 0) is 4.74 Å². The SMILES string of the molecule is CCOC(=O)c1[nH]c2c(c(SC)nc3ccc(N(CC)CC)cc32)c1N. The van der Waals surface area contributed by atoms with Gasteiger partial charge in [-0.05, 0) is 45.2 Å². The highest BCUT2D eigenvalue weighted by Crippen LogP contribution is 2.37. The van der Waals surface area contributed by atoms with Crippen molar-refractivity contribution in [3.05, 3.63) is 23.9 Å². The van der Waals surface area contributed by atoms with Crippen molar-refractivity contribution < 1.29 is 9.53 Å². The summed E-state index contributed by atoms with van der Waals surface area (Å²) in [5, 5.41) is 2.53. The number of hydrogen-bond acceptors (Lipinski definition) is 6. The van der Waals surface area contributed by atoms with Gasteiger partial charge in [0.15, 0.2) is 0 Å². The minimum absolute atomic E-state index is 0.291. The average Bonchev–Trinajstić information content (AvgIpc) is 3.00. The fourth-order valence-electron chi connectivity index (χ4n) is 3.22. The Bertz CT molecular complexity index is 963. The number of hydrogen-bond donors (Lipinski definition) is 2. The molecule has 6 nitrogen and oxygen atoms in total. The number of carbonyl (C=O) groups is 1. The smallest absolute Gasteiger partial charge is 0.356 e. The van der Waals surface area contributed by atoms with Gasteiger partial charge in [-0.1, -0.05) is 0 Å². The second-order valence-corrected chi connectivity index (χ2v) is 6.67. The molecule has 0 fully saturated rings. The van der Waals surface area contributed by atoms with Crippen LogP contribution < -0.4 is 10.6 Å². The maximum absolute atomic E-state index is 12.3. The predicted octanol–water partition coefficient (Wildman–Crippen LogP) is 4.04. The fourth-order valence-corrected chi connectivity index (χ4v) is 3.83. The summed E-state index contributed by atoms with van der Waals surface area (Å²) in [7, 11) is 0. The van der Waals surface area contributed by atoms with Crippen LogP contribution in [0, 0.1) is 0 Å². The number of rotatable bonds is 6. The number of fused-ring (bicyclic) bond motifs is 3. The van der Waals surface area contributed by atoms with Crippen LogP contribution in [0.25, 0.3) is 21.8 Å². The highest BCUT2D eigenvalue weighted by Gasteiger charge is 2.22. The van der Waals surface area contributed by atoms with Gasteiger partial charge in [-0.25, -0.2) is 9.78 Å². The Balaban J connectivity index is 2.32. The van der Waals surface area contributed by atoms with E-state index in [2.05, 4.69) is 35.9 Å². The van der Waals surface area contributed by atoms with Crippen LogP contribution in [-0.4, -0.2) is 41.9 Å². The van der Waals surface area contributed by atoms with Gasteiger partial charge >= 0.3 is 5.97 Å². The number of thioether (sulfide) groups is 1. The number of benzene rings is 1. The van der Waals surface area contributed by atoms with E-state index < -0.39 is 5.97 Å². The second-order valence-electron chi connectivity index (χ2n) is 5.88. The number of nitrogens with two attached hydrogens (primary N) is 1. The Kier molecular flexibility index (Phi) is 5.27. The van der Waals surface area contributed by atoms with E-state index in [1.54, 1.807) is 6.92 Å². The van der Waals surface area contributed by atoms with Crippen molar-refractivity contribution >= 4 is 50.9 Å². The third-order valence-electron chi connectivity index (χ3n) is 4.53. The minimum atomic E-state index is -0.443. The summed E-state index contributed by atoms with van der Waals surface area (Å²) >= 11 is 1.51. The lowest BCUT2D eigenvalue weighted by Gasteiger charge is -2.21. The molecule has 0 bridgehead atoms. The molecule has 138 valence electrons. The molecule has 0 atom stereocenters. The van der Waals surface area contributed by atoms with E-state index in [4.69, 9.17) is 15.5 Å². The molecular weight excluding hydrogens is 348 g/mol. The molecule has 7 heteroatoms. The van der Waals surface area contributed by atoms with Crippen LogP contribution in [0.1, 0.15) is 31.3 Å². The zero-order valence-corrected chi connectivity index (χ0v) is 16.4. The number of aromatic amines is 1. The minimum Gasteiger partial charge on any atom is -0.461 e. The summed E-state index contributed by atoms with van der Waals surface area (Å²) in [5.74, 6) is -0.443. The van der Waals surface area contributed by atoms with Crippen LogP contribution in [0.5, 0.6) is 0 Å². The first-order valence-electron chi connectivity index (χ1n) is 8.76. The van der Waals surface area contributed by atoms with E-state index >= 15 is 0 Å². The number of ether oxygens (including phenoxy) is 1. The van der Waals surface area contributed by atoms with Crippen molar-refractivity contribution in [2.45, 2.75) is 25.8 Å². The summed E-state index contributed by atoms with van der Waals surface area (Å²) in [4.78, 5) is 22.5. The standard InChI is InChI=1S/C19H24N4O2S/c1-5-23(6-2)11-8-9-13-12(10-11)16-14(18(21-13)26-4)15(20)17(22-16)19(24)25-7-3/h8-10,22H,5-7,20H2,1-4H3. The normalized spacial score (nSPS) is 11.2. The number of aromatic nitrogens is 2. The Morgan fingerprint density at radius 3 is 2.65 bits per heavy atom. The van der Waals surface area contributed by atoms with Gasteiger partial charge in [-0.3, -0.25) is 0 Å². The number of nitrogens with zero attached hydrogens (tertiary/aromatic N) is 2. The molecule has 0 saturated carbocycles. The topological polar surface area (TPSA) is 84.2 Å². The predicted molar refractivity (Wildman–Crippen MR) is 109 cm³/mol. The number of anilines is 2. The van der Waals surface area contributed by atoms with E-state index in [1.807, 2.05) is 12.3 Å². The van der Waals surface area contributed by atoms with Crippen LogP contribution in [0.2, 0.25) is 0 Å². The second kappa shape index (κ2) is 7.45. The average molecular weight is 372 g/mol. The van der Waals surface area contributed by atoms with Gasteiger partial charge in [-0.15, -0.1) is 11.8 Å². The van der Waals surface area contributed by atoms with Gasteiger partial charge in [0, 0.05) is 24.2 Å². The summed E-state index contributed by atoms with van der Waals surface area (Å²) in [6.07, 6.45) is 1.95. The zero-order chi connectivity index (χ0) is 18.8. The molecule has 3 aromatic rings. The van der Waals surface area contributed by atoms with Gasteiger partial charge in [-0.2, -0.15) is 0 Å². The van der Waals surface area contributed by atoms with E-state index in [1.165, 1.54) is 11.8 Å². The number of nitrogens with one attached hydrogen (secondary N) is 1. The Morgan fingerprint density at radius 2 is 2.04 bits per heavy atom. The van der Waals surface area contributed by atoms with Crippen molar-refractivity contribution in [1.82, 2.24) is 9.97 Å². The Hall–Kier alpha value is -2.41. The highest BCUT2D eigenvalue weighted by atomic mass is 32.2. The molecule has 2 heterocycles. The lowest BCUT2D eigenvalue weighted by Crippen LogP contribution is -2.21. The Morgan fingerprint density at radius 1 is 1.31 bits per heavy atom. The van der Waals surface area contributed by atoms with E-state index in [0.717, 1.165) is 45.6 Å². The van der Waals surface area contributed by atoms with Crippen molar-refractivity contribution in [2.75, 3.05) is 36.6 Å². The first kappa shape index (κ1) is 18.4.